The van der Waals surface area contributed by atoms with Crippen LogP contribution in [-0.2, 0) is 12.8 Å². The highest BCUT2D eigenvalue weighted by Gasteiger charge is 2.20. The number of thiophene rings is 1. The fourth-order valence-corrected chi connectivity index (χ4v) is 4.84. The van der Waals surface area contributed by atoms with Crippen LogP contribution in [0.2, 0.25) is 0 Å². The van der Waals surface area contributed by atoms with Crippen LogP contribution in [0.25, 0.3) is 9.53 Å². The molecule has 19 heavy (non-hydrogen) atoms. The first-order chi connectivity index (χ1) is 8.28. The van der Waals surface area contributed by atoms with Gasteiger partial charge in [-0.05, 0) is 31.4 Å². The highest BCUT2D eigenvalue weighted by molar-refractivity contribution is 7.29. The Morgan fingerprint density at radius 2 is 1.95 bits per heavy atom. The largest absolute Gasteiger partial charge is 0.375 e. The molecule has 2 aromatic rings. The molecule has 1 aliphatic heterocycles. The van der Waals surface area contributed by atoms with Crippen molar-refractivity contribution in [3.63, 3.8) is 0 Å². The van der Waals surface area contributed by atoms with Gasteiger partial charge in [-0.3, -0.25) is 0 Å². The van der Waals surface area contributed by atoms with Gasteiger partial charge in [-0.2, -0.15) is 0 Å². The molecular weight excluding hydrogens is 321 g/mol. The van der Waals surface area contributed by atoms with Gasteiger partial charge in [-0.1, -0.05) is 18.3 Å². The van der Waals surface area contributed by atoms with Crippen LogP contribution in [0.1, 0.15) is 23.8 Å². The van der Waals surface area contributed by atoms with Gasteiger partial charge >= 0.3 is 0 Å². The van der Waals surface area contributed by atoms with E-state index in [0.717, 1.165) is 11.3 Å². The molecule has 1 aliphatic rings. The first-order valence-electron chi connectivity index (χ1n) is 6.17. The summed E-state index contributed by atoms with van der Waals surface area (Å²) in [6, 6.07) is 0. The maximum atomic E-state index is 5.79. The van der Waals surface area contributed by atoms with Gasteiger partial charge in [0.05, 0.1) is 4.70 Å². The fourth-order valence-electron chi connectivity index (χ4n) is 2.52. The van der Waals surface area contributed by atoms with E-state index in [1.165, 1.54) is 47.6 Å². The smallest absolute Gasteiger partial charge is 0.181 e. The fraction of sp³-hybridized carbons (Fsp3) is 0.583. The molecule has 3 nitrogen and oxygen atoms in total. The molecule has 108 valence electrons. The van der Waals surface area contributed by atoms with Gasteiger partial charge in [0, 0.05) is 18.0 Å². The molecule has 0 saturated heterocycles. The minimum absolute atomic E-state index is 0. The van der Waals surface area contributed by atoms with Gasteiger partial charge in [0.25, 0.3) is 0 Å². The summed E-state index contributed by atoms with van der Waals surface area (Å²) in [5, 5.41) is 0.712. The number of anilines is 1. The topological polar surface area (TPSA) is 42.2 Å². The third-order valence-corrected chi connectivity index (χ3v) is 5.58. The second-order valence-electron chi connectivity index (χ2n) is 4.53. The standard InChI is InChI=1S/C12H17N3S2.2ClH/c1-2-5-15-6-3-8-9(4-7-15)16-11-10(8)17-12(13)14-11;;/h2-7H2,1H3,(H2,13,14);2*1H. The molecule has 0 aliphatic carbocycles. The van der Waals surface area contributed by atoms with E-state index in [0.29, 0.717) is 5.13 Å². The number of fused-ring (bicyclic) bond motifs is 3. The van der Waals surface area contributed by atoms with Gasteiger partial charge in [0.2, 0.25) is 0 Å². The predicted molar refractivity (Wildman–Crippen MR) is 90.5 cm³/mol. The number of hydrogen-bond acceptors (Lipinski definition) is 5. The zero-order valence-corrected chi connectivity index (χ0v) is 14.1. The SMILES string of the molecule is CCCN1CCc2sc3nc(N)sc3c2CC1.Cl.Cl. The molecule has 0 atom stereocenters. The molecule has 2 aromatic heterocycles. The lowest BCUT2D eigenvalue weighted by atomic mass is 10.2. The van der Waals surface area contributed by atoms with E-state index in [4.69, 9.17) is 5.73 Å². The molecule has 0 aromatic carbocycles. The number of halogens is 2. The number of hydrogen-bond donors (Lipinski definition) is 1. The van der Waals surface area contributed by atoms with E-state index in [1.807, 2.05) is 11.3 Å². The van der Waals surface area contributed by atoms with E-state index in [-0.39, 0.29) is 24.8 Å². The first kappa shape index (κ1) is 17.0. The zero-order valence-electron chi connectivity index (χ0n) is 10.8. The Kier molecular flexibility index (Phi) is 6.33. The Balaban J connectivity index is 0.000000902. The Bertz CT molecular complexity index is 538. The van der Waals surface area contributed by atoms with Crippen molar-refractivity contribution < 1.29 is 0 Å². The Hall–Kier alpha value is -0.0700. The van der Waals surface area contributed by atoms with Crippen LogP contribution < -0.4 is 5.73 Å². The summed E-state index contributed by atoms with van der Waals surface area (Å²) in [5.74, 6) is 0. The van der Waals surface area contributed by atoms with E-state index in [2.05, 4.69) is 16.8 Å². The van der Waals surface area contributed by atoms with Crippen molar-refractivity contribution in [2.24, 2.45) is 0 Å². The summed E-state index contributed by atoms with van der Waals surface area (Å²) in [4.78, 5) is 9.67. The molecule has 0 unspecified atom stereocenters. The highest BCUT2D eigenvalue weighted by atomic mass is 35.5. The normalized spacial score (nSPS) is 15.4. The van der Waals surface area contributed by atoms with E-state index in [9.17, 15) is 0 Å². The molecule has 7 heteroatoms. The number of nitrogens with two attached hydrogens (primary N) is 1. The Morgan fingerprint density at radius 3 is 2.68 bits per heavy atom. The molecule has 0 amide bonds. The van der Waals surface area contributed by atoms with Gasteiger partial charge in [-0.25, -0.2) is 4.98 Å². The second-order valence-corrected chi connectivity index (χ2v) is 6.65. The van der Waals surface area contributed by atoms with Crippen LogP contribution >= 0.6 is 47.5 Å². The summed E-state index contributed by atoms with van der Waals surface area (Å²) in [5.41, 5.74) is 7.31. The molecule has 2 N–H and O–H groups in total. The molecule has 3 heterocycles. The van der Waals surface area contributed by atoms with Crippen molar-refractivity contribution in [1.82, 2.24) is 9.88 Å². The molecule has 0 saturated carbocycles. The lowest BCUT2D eigenvalue weighted by Crippen LogP contribution is -2.27. The quantitative estimate of drug-likeness (QED) is 0.908. The van der Waals surface area contributed by atoms with Gasteiger partial charge in [0.1, 0.15) is 4.83 Å². The van der Waals surface area contributed by atoms with Gasteiger partial charge in [0.15, 0.2) is 5.13 Å². The molecular formula is C12H19Cl2N3S2. The maximum absolute atomic E-state index is 5.79. The molecule has 0 spiro atoms. The van der Waals surface area contributed by atoms with Crippen molar-refractivity contribution in [2.75, 3.05) is 25.4 Å². The van der Waals surface area contributed by atoms with Crippen LogP contribution in [-0.4, -0.2) is 29.5 Å². The lowest BCUT2D eigenvalue weighted by Gasteiger charge is -2.18. The Morgan fingerprint density at radius 1 is 1.21 bits per heavy atom. The number of thiazole rings is 1. The summed E-state index contributed by atoms with van der Waals surface area (Å²) in [6.07, 6.45) is 3.59. The minimum Gasteiger partial charge on any atom is -0.375 e. The summed E-state index contributed by atoms with van der Waals surface area (Å²) < 4.78 is 1.35. The number of nitrogen functional groups attached to an aromatic ring is 1. The number of aromatic nitrogens is 1. The number of rotatable bonds is 2. The molecule has 0 fully saturated rings. The third-order valence-electron chi connectivity index (χ3n) is 3.32. The monoisotopic (exact) mass is 339 g/mol. The minimum atomic E-state index is 0. The van der Waals surface area contributed by atoms with Crippen LogP contribution in [0.15, 0.2) is 0 Å². The van der Waals surface area contributed by atoms with Crippen LogP contribution in [0.4, 0.5) is 5.13 Å². The summed E-state index contributed by atoms with van der Waals surface area (Å²) in [6.45, 7) is 5.86. The van der Waals surface area contributed by atoms with Gasteiger partial charge in [-0.15, -0.1) is 36.2 Å². The summed E-state index contributed by atoms with van der Waals surface area (Å²) >= 11 is 3.50. The predicted octanol–water partition coefficient (Wildman–Crippen LogP) is 3.59. The summed E-state index contributed by atoms with van der Waals surface area (Å²) in [7, 11) is 0. The number of nitrogens with zero attached hydrogens (tertiary/aromatic N) is 2. The van der Waals surface area contributed by atoms with Crippen molar-refractivity contribution >= 4 is 62.1 Å². The highest BCUT2D eigenvalue weighted by Crippen LogP contribution is 2.37. The van der Waals surface area contributed by atoms with Gasteiger partial charge < -0.3 is 10.6 Å². The Labute approximate surface area is 134 Å². The zero-order chi connectivity index (χ0) is 11.8. The van der Waals surface area contributed by atoms with E-state index < -0.39 is 0 Å². The van der Waals surface area contributed by atoms with Crippen LogP contribution in [0, 0.1) is 0 Å². The average molecular weight is 340 g/mol. The molecule has 3 rings (SSSR count). The van der Waals surface area contributed by atoms with E-state index in [1.54, 1.807) is 11.3 Å². The van der Waals surface area contributed by atoms with Crippen LogP contribution in [0.3, 0.4) is 0 Å². The second kappa shape index (κ2) is 7.09. The third kappa shape index (κ3) is 3.34. The van der Waals surface area contributed by atoms with Crippen molar-refractivity contribution in [2.45, 2.75) is 26.2 Å². The average Bonchev–Trinajstić information content (AvgIpc) is 2.71. The van der Waals surface area contributed by atoms with Crippen molar-refractivity contribution in [3.8, 4) is 0 Å². The van der Waals surface area contributed by atoms with Crippen LogP contribution in [0.5, 0.6) is 0 Å². The molecule has 0 bridgehead atoms. The first-order valence-corrected chi connectivity index (χ1v) is 7.80. The van der Waals surface area contributed by atoms with Crippen molar-refractivity contribution in [1.29, 1.82) is 0 Å². The van der Waals surface area contributed by atoms with E-state index >= 15 is 0 Å². The van der Waals surface area contributed by atoms with Crippen molar-refractivity contribution in [3.05, 3.63) is 10.4 Å². The lowest BCUT2D eigenvalue weighted by molar-refractivity contribution is 0.288. The maximum Gasteiger partial charge on any atom is 0.181 e. The molecule has 0 radical (unpaired) electrons.